The van der Waals surface area contributed by atoms with E-state index in [0.717, 1.165) is 37.3 Å². The molecule has 0 unspecified atom stereocenters. The third-order valence-electron chi connectivity index (χ3n) is 3.35. The van der Waals surface area contributed by atoms with Crippen LogP contribution in [0.4, 0.5) is 0 Å². The van der Waals surface area contributed by atoms with Gasteiger partial charge in [0.2, 0.25) is 0 Å². The van der Waals surface area contributed by atoms with Crippen LogP contribution in [0.25, 0.3) is 0 Å². The van der Waals surface area contributed by atoms with Crippen molar-refractivity contribution < 1.29 is 4.74 Å². The standard InChI is InChI=1S/C16H20N4O/c1-3-5-9-20-16(15(11-17)18-19-20)12-21-14-8-6-7-13(4-2)10-14/h6-8,10H,3-5,9,12H2,1-2H3. The Hall–Kier alpha value is -2.35. The Morgan fingerprint density at radius 1 is 1.33 bits per heavy atom. The average molecular weight is 284 g/mol. The Morgan fingerprint density at radius 2 is 2.19 bits per heavy atom. The molecule has 0 radical (unpaired) electrons. The second-order valence-electron chi connectivity index (χ2n) is 4.86. The number of nitriles is 1. The number of aryl methyl sites for hydroxylation is 2. The minimum Gasteiger partial charge on any atom is -0.487 e. The molecule has 0 aliphatic rings. The molecule has 0 saturated carbocycles. The third-order valence-corrected chi connectivity index (χ3v) is 3.35. The molecule has 2 rings (SSSR count). The van der Waals surface area contributed by atoms with Crippen LogP contribution in [0.5, 0.6) is 5.75 Å². The SMILES string of the molecule is CCCCn1nnc(C#N)c1COc1cccc(CC)c1. The molecule has 5 nitrogen and oxygen atoms in total. The van der Waals surface area contributed by atoms with E-state index in [2.05, 4.69) is 36.3 Å². The molecular weight excluding hydrogens is 264 g/mol. The largest absolute Gasteiger partial charge is 0.487 e. The molecular formula is C16H20N4O. The lowest BCUT2D eigenvalue weighted by Crippen LogP contribution is -2.09. The van der Waals surface area contributed by atoms with E-state index >= 15 is 0 Å². The Morgan fingerprint density at radius 3 is 2.90 bits per heavy atom. The summed E-state index contributed by atoms with van der Waals surface area (Å²) in [5, 5.41) is 17.1. The van der Waals surface area contributed by atoms with E-state index in [0.29, 0.717) is 12.3 Å². The Balaban J connectivity index is 2.11. The highest BCUT2D eigenvalue weighted by molar-refractivity contribution is 5.29. The van der Waals surface area contributed by atoms with E-state index in [9.17, 15) is 0 Å². The van der Waals surface area contributed by atoms with E-state index in [1.54, 1.807) is 4.68 Å². The van der Waals surface area contributed by atoms with E-state index in [4.69, 9.17) is 10.00 Å². The molecule has 0 saturated heterocycles. The van der Waals surface area contributed by atoms with E-state index in [-0.39, 0.29) is 0 Å². The first-order valence-electron chi connectivity index (χ1n) is 7.32. The summed E-state index contributed by atoms with van der Waals surface area (Å²) in [6.07, 6.45) is 3.05. The first-order valence-corrected chi connectivity index (χ1v) is 7.32. The van der Waals surface area contributed by atoms with Crippen molar-refractivity contribution in [3.05, 3.63) is 41.2 Å². The van der Waals surface area contributed by atoms with Gasteiger partial charge in [0.1, 0.15) is 24.1 Å². The van der Waals surface area contributed by atoms with Crippen LogP contribution in [0.3, 0.4) is 0 Å². The maximum Gasteiger partial charge on any atom is 0.189 e. The van der Waals surface area contributed by atoms with Crippen LogP contribution < -0.4 is 4.74 Å². The highest BCUT2D eigenvalue weighted by atomic mass is 16.5. The monoisotopic (exact) mass is 284 g/mol. The first kappa shape index (κ1) is 15.0. The van der Waals surface area contributed by atoms with E-state index in [1.165, 1.54) is 5.56 Å². The molecule has 0 aliphatic heterocycles. The number of ether oxygens (including phenoxy) is 1. The van der Waals surface area contributed by atoms with Gasteiger partial charge < -0.3 is 4.74 Å². The van der Waals surface area contributed by atoms with Crippen molar-refractivity contribution in [2.75, 3.05) is 0 Å². The molecule has 1 aromatic heterocycles. The summed E-state index contributed by atoms with van der Waals surface area (Å²) in [6.45, 7) is 5.30. The minimum absolute atomic E-state index is 0.312. The molecule has 1 aromatic carbocycles. The fraction of sp³-hybridized carbons (Fsp3) is 0.438. The van der Waals surface area contributed by atoms with E-state index in [1.807, 2.05) is 18.2 Å². The second kappa shape index (κ2) is 7.44. The van der Waals surface area contributed by atoms with Crippen molar-refractivity contribution in [2.24, 2.45) is 0 Å². The van der Waals surface area contributed by atoms with Gasteiger partial charge in [-0.25, -0.2) is 4.68 Å². The van der Waals surface area contributed by atoms with Gasteiger partial charge in [-0.15, -0.1) is 5.10 Å². The summed E-state index contributed by atoms with van der Waals surface area (Å²) in [4.78, 5) is 0. The van der Waals surface area contributed by atoms with Gasteiger partial charge >= 0.3 is 0 Å². The highest BCUT2D eigenvalue weighted by Crippen LogP contribution is 2.16. The van der Waals surface area contributed by atoms with Crippen LogP contribution in [-0.4, -0.2) is 15.0 Å². The zero-order valence-corrected chi connectivity index (χ0v) is 12.5. The summed E-state index contributed by atoms with van der Waals surface area (Å²) in [5.74, 6) is 0.807. The van der Waals surface area contributed by atoms with Crippen molar-refractivity contribution in [3.63, 3.8) is 0 Å². The number of hydrogen-bond donors (Lipinski definition) is 0. The summed E-state index contributed by atoms with van der Waals surface area (Å²) >= 11 is 0. The lowest BCUT2D eigenvalue weighted by atomic mass is 10.2. The quantitative estimate of drug-likeness (QED) is 0.783. The Kier molecular flexibility index (Phi) is 5.33. The van der Waals surface area contributed by atoms with Gasteiger partial charge in [-0.05, 0) is 30.5 Å². The Labute approximate surface area is 125 Å². The number of benzene rings is 1. The normalized spacial score (nSPS) is 10.3. The van der Waals surface area contributed by atoms with Crippen molar-refractivity contribution in [1.82, 2.24) is 15.0 Å². The zero-order valence-electron chi connectivity index (χ0n) is 12.5. The van der Waals surface area contributed by atoms with Crippen molar-refractivity contribution in [2.45, 2.75) is 46.3 Å². The van der Waals surface area contributed by atoms with Gasteiger partial charge in [-0.3, -0.25) is 0 Å². The molecule has 0 atom stereocenters. The number of rotatable bonds is 7. The summed E-state index contributed by atoms with van der Waals surface area (Å²) in [5.41, 5.74) is 2.32. The van der Waals surface area contributed by atoms with Crippen LogP contribution in [0.2, 0.25) is 0 Å². The third kappa shape index (κ3) is 3.82. The molecule has 2 aromatic rings. The van der Waals surface area contributed by atoms with Crippen LogP contribution in [0.15, 0.2) is 24.3 Å². The molecule has 0 spiro atoms. The highest BCUT2D eigenvalue weighted by Gasteiger charge is 2.13. The van der Waals surface area contributed by atoms with Crippen molar-refractivity contribution in [3.8, 4) is 11.8 Å². The molecule has 1 heterocycles. The number of unbranched alkanes of at least 4 members (excludes halogenated alkanes) is 1. The average Bonchev–Trinajstić information content (AvgIpc) is 2.93. The number of aromatic nitrogens is 3. The fourth-order valence-electron chi connectivity index (χ4n) is 2.06. The molecule has 0 aliphatic carbocycles. The molecule has 0 N–H and O–H groups in total. The van der Waals surface area contributed by atoms with Crippen LogP contribution in [-0.2, 0) is 19.6 Å². The molecule has 5 heteroatoms. The molecule has 21 heavy (non-hydrogen) atoms. The lowest BCUT2D eigenvalue weighted by molar-refractivity contribution is 0.290. The maximum atomic E-state index is 9.12. The van der Waals surface area contributed by atoms with Crippen molar-refractivity contribution >= 4 is 0 Å². The first-order chi connectivity index (χ1) is 10.3. The topological polar surface area (TPSA) is 63.7 Å². The van der Waals surface area contributed by atoms with Crippen LogP contribution in [0.1, 0.15) is 43.6 Å². The predicted octanol–water partition coefficient (Wildman–Crippen LogP) is 3.09. The maximum absolute atomic E-state index is 9.12. The zero-order chi connectivity index (χ0) is 15.1. The van der Waals surface area contributed by atoms with Crippen LogP contribution in [0, 0.1) is 11.3 Å². The molecule has 0 fully saturated rings. The van der Waals surface area contributed by atoms with E-state index < -0.39 is 0 Å². The van der Waals surface area contributed by atoms with Gasteiger partial charge in [0.15, 0.2) is 5.69 Å². The molecule has 0 amide bonds. The van der Waals surface area contributed by atoms with Gasteiger partial charge in [-0.1, -0.05) is 37.6 Å². The fourth-order valence-corrected chi connectivity index (χ4v) is 2.06. The smallest absolute Gasteiger partial charge is 0.189 e. The van der Waals surface area contributed by atoms with Crippen molar-refractivity contribution in [1.29, 1.82) is 5.26 Å². The van der Waals surface area contributed by atoms with Gasteiger partial charge in [-0.2, -0.15) is 5.26 Å². The summed E-state index contributed by atoms with van der Waals surface area (Å²) in [7, 11) is 0. The predicted molar refractivity (Wildman–Crippen MR) is 79.8 cm³/mol. The number of nitrogens with zero attached hydrogens (tertiary/aromatic N) is 4. The molecule has 0 bridgehead atoms. The van der Waals surface area contributed by atoms with Gasteiger partial charge in [0.25, 0.3) is 0 Å². The number of hydrogen-bond acceptors (Lipinski definition) is 4. The summed E-state index contributed by atoms with van der Waals surface area (Å²) < 4.78 is 7.57. The van der Waals surface area contributed by atoms with Crippen LogP contribution >= 0.6 is 0 Å². The lowest BCUT2D eigenvalue weighted by Gasteiger charge is -2.09. The summed E-state index contributed by atoms with van der Waals surface area (Å²) in [6, 6.07) is 10.1. The molecule has 110 valence electrons. The van der Waals surface area contributed by atoms with Gasteiger partial charge in [0, 0.05) is 6.54 Å². The Bertz CT molecular complexity index is 627. The van der Waals surface area contributed by atoms with Gasteiger partial charge in [0.05, 0.1) is 0 Å². The minimum atomic E-state index is 0.312. The second-order valence-corrected chi connectivity index (χ2v) is 4.86.